The minimum Gasteiger partial charge on any atom is -0.394 e. The zero-order valence-corrected chi connectivity index (χ0v) is 11.0. The van der Waals surface area contributed by atoms with Gasteiger partial charge >= 0.3 is 6.03 Å². The van der Waals surface area contributed by atoms with Crippen LogP contribution in [0.4, 0.5) is 18.7 Å². The van der Waals surface area contributed by atoms with Gasteiger partial charge in [0, 0.05) is 0 Å². The van der Waals surface area contributed by atoms with Gasteiger partial charge in [0.25, 0.3) is 6.43 Å². The molecule has 1 aliphatic rings. The summed E-state index contributed by atoms with van der Waals surface area (Å²) in [5.41, 5.74) is -0.694. The summed E-state index contributed by atoms with van der Waals surface area (Å²) in [7, 11) is 0. The summed E-state index contributed by atoms with van der Waals surface area (Å²) in [6.45, 7) is 1.57. The molecule has 0 unspecified atom stereocenters. The van der Waals surface area contributed by atoms with Gasteiger partial charge in [0.1, 0.15) is 0 Å². The maximum absolute atomic E-state index is 12.3. The molecule has 1 aromatic rings. The molecule has 0 bridgehead atoms. The third-order valence-electron chi connectivity index (χ3n) is 3.05. The van der Waals surface area contributed by atoms with E-state index in [1.165, 1.54) is 0 Å². The molecule has 6 nitrogen and oxygen atoms in total. The van der Waals surface area contributed by atoms with E-state index in [2.05, 4.69) is 20.8 Å². The predicted molar refractivity (Wildman–Crippen MR) is 65.2 cm³/mol. The first-order chi connectivity index (χ1) is 8.94. The minimum absolute atomic E-state index is 0.00360. The Kier molecular flexibility index (Phi) is 3.95. The van der Waals surface area contributed by atoms with Gasteiger partial charge in [0.05, 0.1) is 12.1 Å². The fraction of sp³-hybridized carbons (Fsp3) is 0.700. The number of halogens is 2. The number of nitrogens with one attached hydrogen (secondary N) is 2. The maximum Gasteiger partial charge on any atom is 0.321 e. The molecule has 0 aromatic carbocycles. The number of rotatable bonds is 5. The fourth-order valence-electron chi connectivity index (χ4n) is 1.75. The van der Waals surface area contributed by atoms with E-state index >= 15 is 0 Å². The van der Waals surface area contributed by atoms with Gasteiger partial charge in [0.15, 0.2) is 5.01 Å². The van der Waals surface area contributed by atoms with Gasteiger partial charge < -0.3 is 10.4 Å². The quantitative estimate of drug-likeness (QED) is 0.771. The first-order valence-electron chi connectivity index (χ1n) is 5.76. The molecule has 1 aromatic heterocycles. The Bertz CT molecular complexity index is 466. The van der Waals surface area contributed by atoms with Crippen molar-refractivity contribution in [2.24, 2.45) is 5.92 Å². The third-order valence-corrected chi connectivity index (χ3v) is 3.90. The molecule has 2 amide bonds. The molecular formula is C10H14F2N4O2S. The van der Waals surface area contributed by atoms with Crippen LogP contribution in [0, 0.1) is 5.92 Å². The van der Waals surface area contributed by atoms with E-state index in [4.69, 9.17) is 0 Å². The number of aliphatic hydroxyl groups excluding tert-OH is 1. The van der Waals surface area contributed by atoms with Gasteiger partial charge in [-0.2, -0.15) is 0 Å². The van der Waals surface area contributed by atoms with E-state index in [9.17, 15) is 18.7 Å². The van der Waals surface area contributed by atoms with Crippen LogP contribution in [0.25, 0.3) is 0 Å². The normalized spacial score (nSPS) is 18.2. The van der Waals surface area contributed by atoms with Crippen LogP contribution in [0.15, 0.2) is 0 Å². The van der Waals surface area contributed by atoms with Crippen molar-refractivity contribution in [1.29, 1.82) is 0 Å². The molecule has 1 heterocycles. The number of urea groups is 1. The number of aliphatic hydroxyl groups is 1. The van der Waals surface area contributed by atoms with E-state index < -0.39 is 23.0 Å². The average molecular weight is 292 g/mol. The lowest BCUT2D eigenvalue weighted by Gasteiger charge is -2.28. The van der Waals surface area contributed by atoms with Gasteiger partial charge in [-0.25, -0.2) is 13.6 Å². The number of hydrogen-bond donors (Lipinski definition) is 3. The van der Waals surface area contributed by atoms with Crippen molar-refractivity contribution in [3.8, 4) is 0 Å². The zero-order valence-electron chi connectivity index (χ0n) is 10.2. The average Bonchev–Trinajstić information content (AvgIpc) is 3.10. The Morgan fingerprint density at radius 2 is 2.26 bits per heavy atom. The molecule has 3 N–H and O–H groups in total. The molecule has 19 heavy (non-hydrogen) atoms. The second-order valence-corrected chi connectivity index (χ2v) is 5.68. The van der Waals surface area contributed by atoms with Crippen LogP contribution >= 0.6 is 11.3 Å². The van der Waals surface area contributed by atoms with Gasteiger partial charge in [-0.1, -0.05) is 11.3 Å². The summed E-state index contributed by atoms with van der Waals surface area (Å²) in [6.07, 6.45) is -0.803. The summed E-state index contributed by atoms with van der Waals surface area (Å²) < 4.78 is 24.6. The Balaban J connectivity index is 1.93. The SMILES string of the molecule is C[C@](CO)(NC(=O)Nc1nnc(C(F)F)s1)C1CC1. The highest BCUT2D eigenvalue weighted by Crippen LogP contribution is 2.39. The summed E-state index contributed by atoms with van der Waals surface area (Å²) >= 11 is 0.620. The molecule has 0 spiro atoms. The lowest BCUT2D eigenvalue weighted by atomic mass is 9.97. The number of hydrogen-bond acceptors (Lipinski definition) is 5. The van der Waals surface area contributed by atoms with Crippen molar-refractivity contribution < 1.29 is 18.7 Å². The second kappa shape index (κ2) is 5.33. The number of carbonyl (C=O) groups excluding carboxylic acids is 1. The van der Waals surface area contributed by atoms with Crippen LogP contribution in [0.1, 0.15) is 31.2 Å². The summed E-state index contributed by atoms with van der Waals surface area (Å²) in [5, 5.41) is 20.6. The summed E-state index contributed by atoms with van der Waals surface area (Å²) in [5.74, 6) is 0.245. The van der Waals surface area contributed by atoms with Crippen molar-refractivity contribution in [1.82, 2.24) is 15.5 Å². The third kappa shape index (κ3) is 3.35. The van der Waals surface area contributed by atoms with Gasteiger partial charge in [-0.3, -0.25) is 5.32 Å². The molecule has 106 valence electrons. The van der Waals surface area contributed by atoms with E-state index in [1.807, 2.05) is 0 Å². The molecular weight excluding hydrogens is 278 g/mol. The van der Waals surface area contributed by atoms with Crippen LogP contribution in [0.3, 0.4) is 0 Å². The van der Waals surface area contributed by atoms with Crippen molar-refractivity contribution in [3.05, 3.63) is 5.01 Å². The molecule has 1 atom stereocenters. The predicted octanol–water partition coefficient (Wildman–Crippen LogP) is 1.76. The molecule has 0 saturated heterocycles. The summed E-state index contributed by atoms with van der Waals surface area (Å²) in [4.78, 5) is 11.7. The largest absolute Gasteiger partial charge is 0.394 e. The van der Waals surface area contributed by atoms with Gasteiger partial charge in [-0.05, 0) is 25.7 Å². The van der Waals surface area contributed by atoms with Gasteiger partial charge in [-0.15, -0.1) is 10.2 Å². The molecule has 0 aliphatic heterocycles. The number of anilines is 1. The number of alkyl halides is 2. The topological polar surface area (TPSA) is 87.1 Å². The van der Waals surface area contributed by atoms with Crippen LogP contribution < -0.4 is 10.6 Å². The smallest absolute Gasteiger partial charge is 0.321 e. The minimum atomic E-state index is -2.70. The Hall–Kier alpha value is -1.35. The van der Waals surface area contributed by atoms with E-state index in [-0.39, 0.29) is 17.7 Å². The monoisotopic (exact) mass is 292 g/mol. The number of amides is 2. The van der Waals surface area contributed by atoms with Crippen molar-refractivity contribution >= 4 is 22.5 Å². The van der Waals surface area contributed by atoms with E-state index in [0.717, 1.165) is 12.8 Å². The molecule has 9 heteroatoms. The van der Waals surface area contributed by atoms with Crippen LogP contribution in [0.2, 0.25) is 0 Å². The molecule has 1 aliphatic carbocycles. The second-order valence-electron chi connectivity index (χ2n) is 4.68. The van der Waals surface area contributed by atoms with Crippen molar-refractivity contribution in [2.75, 3.05) is 11.9 Å². The highest BCUT2D eigenvalue weighted by atomic mass is 32.1. The fourth-order valence-corrected chi connectivity index (χ4v) is 2.35. The van der Waals surface area contributed by atoms with Gasteiger partial charge in [0.2, 0.25) is 5.13 Å². The summed E-state index contributed by atoms with van der Waals surface area (Å²) in [6, 6.07) is -0.583. The number of carbonyl (C=O) groups is 1. The van der Waals surface area contributed by atoms with Crippen molar-refractivity contribution in [3.63, 3.8) is 0 Å². The standard InChI is InChI=1S/C10H14F2N4O2S/c1-10(4-17,5-2-3-5)14-8(18)13-9-16-15-7(19-9)6(11)12/h5-6,17H,2-4H2,1H3,(H2,13,14,16,18)/t10-/m1/s1. The molecule has 1 fully saturated rings. The van der Waals surface area contributed by atoms with Crippen LogP contribution in [-0.4, -0.2) is 33.5 Å². The Morgan fingerprint density at radius 1 is 1.58 bits per heavy atom. The first-order valence-corrected chi connectivity index (χ1v) is 6.58. The van der Waals surface area contributed by atoms with E-state index in [0.29, 0.717) is 11.3 Å². The Labute approximate surface area is 112 Å². The molecule has 1 saturated carbocycles. The van der Waals surface area contributed by atoms with Crippen molar-refractivity contribution in [2.45, 2.75) is 31.7 Å². The lowest BCUT2D eigenvalue weighted by molar-refractivity contribution is 0.150. The van der Waals surface area contributed by atoms with Crippen LogP contribution in [-0.2, 0) is 0 Å². The maximum atomic E-state index is 12.3. The highest BCUT2D eigenvalue weighted by Gasteiger charge is 2.42. The first kappa shape index (κ1) is 14.1. The zero-order chi connectivity index (χ0) is 14.0. The Morgan fingerprint density at radius 3 is 2.74 bits per heavy atom. The highest BCUT2D eigenvalue weighted by molar-refractivity contribution is 7.15. The molecule has 2 rings (SSSR count). The van der Waals surface area contributed by atoms with E-state index in [1.54, 1.807) is 6.92 Å². The van der Waals surface area contributed by atoms with Crippen LogP contribution in [0.5, 0.6) is 0 Å². The number of nitrogens with zero attached hydrogens (tertiary/aromatic N) is 2. The lowest BCUT2D eigenvalue weighted by Crippen LogP contribution is -2.52. The molecule has 0 radical (unpaired) electrons. The number of aromatic nitrogens is 2.